The fourth-order valence-corrected chi connectivity index (χ4v) is 8.03. The molecular formula is C37H37F2NO9S. The lowest BCUT2D eigenvalue weighted by Gasteiger charge is -2.48. The lowest BCUT2D eigenvalue weighted by Crippen LogP contribution is -2.59. The Balaban J connectivity index is 1.18. The standard InChI is InChI=1S/C37H37F2NO9S/c1-48-37-35(44)34(43)33(42)31(49-37)20-50(46,47)28-16-8-22(9-17-28)21-2-4-24(5-3-21)32-29(18-19-30(41)23-6-10-25(38)11-7-23)36(45)40(32)27-14-12-26(39)13-15-27/h2-17,29-35,37,41-44H,18-20H2,1H3. The van der Waals surface area contributed by atoms with Crippen molar-refractivity contribution in [3.05, 3.63) is 120 Å². The monoisotopic (exact) mass is 709 g/mol. The van der Waals surface area contributed by atoms with Gasteiger partial charge in [0.05, 0.1) is 28.7 Å². The van der Waals surface area contributed by atoms with Gasteiger partial charge in [-0.15, -0.1) is 0 Å². The van der Waals surface area contributed by atoms with E-state index in [9.17, 15) is 42.4 Å². The Morgan fingerprint density at radius 3 is 1.94 bits per heavy atom. The van der Waals surface area contributed by atoms with E-state index in [1.54, 1.807) is 17.0 Å². The molecule has 13 heteroatoms. The van der Waals surface area contributed by atoms with Gasteiger partial charge in [-0.05, 0) is 83.6 Å². The maximum absolute atomic E-state index is 13.7. The highest BCUT2D eigenvalue weighted by atomic mass is 32.2. The molecule has 8 atom stereocenters. The van der Waals surface area contributed by atoms with Gasteiger partial charge in [0, 0.05) is 12.8 Å². The lowest BCUT2D eigenvalue weighted by atomic mass is 9.78. The highest BCUT2D eigenvalue weighted by molar-refractivity contribution is 7.91. The van der Waals surface area contributed by atoms with E-state index in [-0.39, 0.29) is 17.2 Å². The quantitative estimate of drug-likeness (QED) is 0.169. The maximum atomic E-state index is 13.7. The number of aliphatic hydroxyl groups excluding tert-OH is 4. The van der Waals surface area contributed by atoms with Crippen molar-refractivity contribution in [1.82, 2.24) is 0 Å². The minimum Gasteiger partial charge on any atom is -0.388 e. The molecule has 50 heavy (non-hydrogen) atoms. The van der Waals surface area contributed by atoms with Crippen molar-refractivity contribution in [2.45, 2.75) is 60.6 Å². The number of carbonyl (C=O) groups excluding carboxylic acids is 1. The molecule has 0 aliphatic carbocycles. The number of hydrogen-bond donors (Lipinski definition) is 4. The van der Waals surface area contributed by atoms with Crippen molar-refractivity contribution in [2.24, 2.45) is 5.92 Å². The van der Waals surface area contributed by atoms with Crippen molar-refractivity contribution in [3.63, 3.8) is 0 Å². The molecule has 4 aromatic rings. The second kappa shape index (κ2) is 14.6. The van der Waals surface area contributed by atoms with E-state index in [1.807, 2.05) is 24.3 Å². The molecule has 2 aliphatic heterocycles. The van der Waals surface area contributed by atoms with Gasteiger partial charge in [-0.1, -0.05) is 48.5 Å². The molecule has 2 fully saturated rings. The van der Waals surface area contributed by atoms with Crippen LogP contribution in [0.25, 0.3) is 11.1 Å². The van der Waals surface area contributed by atoms with Gasteiger partial charge >= 0.3 is 0 Å². The average Bonchev–Trinajstić information content (AvgIpc) is 3.12. The predicted molar refractivity (Wildman–Crippen MR) is 178 cm³/mol. The number of sulfone groups is 1. The van der Waals surface area contributed by atoms with E-state index in [4.69, 9.17) is 9.47 Å². The number of carbonyl (C=O) groups is 1. The normalized spacial score (nSPS) is 26.0. The number of benzene rings is 4. The molecule has 0 radical (unpaired) electrons. The number of aliphatic hydroxyl groups is 4. The molecule has 4 aromatic carbocycles. The number of hydrogen-bond acceptors (Lipinski definition) is 9. The molecule has 8 unspecified atom stereocenters. The first-order chi connectivity index (χ1) is 23.9. The van der Waals surface area contributed by atoms with E-state index in [0.29, 0.717) is 23.2 Å². The molecule has 10 nitrogen and oxygen atoms in total. The van der Waals surface area contributed by atoms with Crippen molar-refractivity contribution in [2.75, 3.05) is 17.8 Å². The summed E-state index contributed by atoms with van der Waals surface area (Å²) in [5, 5.41) is 41.2. The molecule has 0 bridgehead atoms. The van der Waals surface area contributed by atoms with Crippen LogP contribution in [0.5, 0.6) is 0 Å². The number of amides is 1. The number of nitrogens with zero attached hydrogens (tertiary/aromatic N) is 1. The van der Waals surface area contributed by atoms with E-state index in [2.05, 4.69) is 0 Å². The Hall–Kier alpha value is -4.08. The molecule has 1 amide bonds. The zero-order chi connectivity index (χ0) is 35.7. The summed E-state index contributed by atoms with van der Waals surface area (Å²) in [4.78, 5) is 15.0. The first-order valence-electron chi connectivity index (χ1n) is 16.1. The minimum atomic E-state index is -3.98. The third-order valence-corrected chi connectivity index (χ3v) is 11.2. The van der Waals surface area contributed by atoms with E-state index in [1.165, 1.54) is 67.8 Å². The zero-order valence-electron chi connectivity index (χ0n) is 26.9. The molecule has 0 aromatic heterocycles. The van der Waals surface area contributed by atoms with Crippen LogP contribution in [0.3, 0.4) is 0 Å². The summed E-state index contributed by atoms with van der Waals surface area (Å²) in [7, 11) is -2.76. The first kappa shape index (κ1) is 35.7. The van der Waals surface area contributed by atoms with Gasteiger partial charge in [0.2, 0.25) is 5.91 Å². The summed E-state index contributed by atoms with van der Waals surface area (Å²) in [6.45, 7) is 0. The van der Waals surface area contributed by atoms with Crippen LogP contribution in [0.4, 0.5) is 14.5 Å². The van der Waals surface area contributed by atoms with Crippen molar-refractivity contribution < 1.29 is 51.9 Å². The molecular weight excluding hydrogens is 672 g/mol. The topological polar surface area (TPSA) is 154 Å². The Morgan fingerprint density at radius 2 is 1.36 bits per heavy atom. The fourth-order valence-electron chi connectivity index (χ4n) is 6.58. The van der Waals surface area contributed by atoms with Gasteiger partial charge in [-0.25, -0.2) is 17.2 Å². The molecule has 2 saturated heterocycles. The minimum absolute atomic E-state index is 0.0307. The molecule has 0 spiro atoms. The molecule has 0 saturated carbocycles. The summed E-state index contributed by atoms with van der Waals surface area (Å²) in [5.74, 6) is -2.13. The number of anilines is 1. The number of halogens is 2. The lowest BCUT2D eigenvalue weighted by molar-refractivity contribution is -0.285. The summed E-state index contributed by atoms with van der Waals surface area (Å²) >= 11 is 0. The van der Waals surface area contributed by atoms with Crippen LogP contribution in [0.2, 0.25) is 0 Å². The maximum Gasteiger partial charge on any atom is 0.233 e. The van der Waals surface area contributed by atoms with Gasteiger partial charge in [0.15, 0.2) is 16.1 Å². The largest absolute Gasteiger partial charge is 0.388 e. The molecule has 2 heterocycles. The van der Waals surface area contributed by atoms with Gasteiger partial charge < -0.3 is 34.8 Å². The van der Waals surface area contributed by atoms with Gasteiger partial charge in [-0.3, -0.25) is 4.79 Å². The Kier molecular flexibility index (Phi) is 10.5. The fraction of sp³-hybridized carbons (Fsp3) is 0.324. The summed E-state index contributed by atoms with van der Waals surface area (Å²) in [6, 6.07) is 24.4. The smallest absolute Gasteiger partial charge is 0.233 e. The highest BCUT2D eigenvalue weighted by Gasteiger charge is 2.49. The molecule has 4 N–H and O–H groups in total. The summed E-state index contributed by atoms with van der Waals surface area (Å²) < 4.78 is 63.8. The third-order valence-electron chi connectivity index (χ3n) is 9.41. The first-order valence-corrected chi connectivity index (χ1v) is 17.7. The summed E-state index contributed by atoms with van der Waals surface area (Å²) in [6.07, 6.45) is -7.74. The van der Waals surface area contributed by atoms with Crippen LogP contribution >= 0.6 is 0 Å². The molecule has 264 valence electrons. The second-order valence-electron chi connectivity index (χ2n) is 12.6. The van der Waals surface area contributed by atoms with E-state index < -0.39 is 76.0 Å². The second-order valence-corrected chi connectivity index (χ2v) is 14.6. The predicted octanol–water partition coefficient (Wildman–Crippen LogP) is 4.08. The van der Waals surface area contributed by atoms with E-state index in [0.717, 1.165) is 11.1 Å². The number of ether oxygens (including phenoxy) is 2. The SMILES string of the molecule is COC1OC(CS(=O)(=O)c2ccc(-c3ccc(C4C(CCC(O)c5ccc(F)cc5)C(=O)N4c4ccc(F)cc4)cc3)cc2)C(O)C(O)C1O. The summed E-state index contributed by atoms with van der Waals surface area (Å²) in [5.41, 5.74) is 3.37. The zero-order valence-corrected chi connectivity index (χ0v) is 27.7. The van der Waals surface area contributed by atoms with Crippen molar-refractivity contribution in [1.29, 1.82) is 0 Å². The highest BCUT2D eigenvalue weighted by Crippen LogP contribution is 2.46. The van der Waals surface area contributed by atoms with Crippen molar-refractivity contribution >= 4 is 21.4 Å². The molecule has 6 rings (SSSR count). The van der Waals surface area contributed by atoms with Gasteiger partial charge in [-0.2, -0.15) is 0 Å². The number of rotatable bonds is 11. The Bertz CT molecular complexity index is 1890. The van der Waals surface area contributed by atoms with Crippen LogP contribution in [-0.4, -0.2) is 78.3 Å². The van der Waals surface area contributed by atoms with E-state index >= 15 is 0 Å². The van der Waals surface area contributed by atoms with Crippen LogP contribution in [0.15, 0.2) is 102 Å². The van der Waals surface area contributed by atoms with Crippen LogP contribution in [-0.2, 0) is 24.1 Å². The Morgan fingerprint density at radius 1 is 0.800 bits per heavy atom. The van der Waals surface area contributed by atoms with Crippen LogP contribution in [0, 0.1) is 17.6 Å². The third kappa shape index (κ3) is 7.21. The van der Waals surface area contributed by atoms with Gasteiger partial charge in [0.25, 0.3) is 0 Å². The molecule has 2 aliphatic rings. The van der Waals surface area contributed by atoms with Crippen LogP contribution < -0.4 is 4.90 Å². The van der Waals surface area contributed by atoms with Gasteiger partial charge in [0.1, 0.15) is 36.1 Å². The number of methoxy groups -OCH3 is 1. The van der Waals surface area contributed by atoms with Crippen LogP contribution in [0.1, 0.15) is 36.1 Å². The van der Waals surface area contributed by atoms with Crippen molar-refractivity contribution in [3.8, 4) is 11.1 Å². The number of β-lactam (4-membered cyclic amide) rings is 1. The average molecular weight is 710 g/mol. The Labute approximate surface area is 288 Å².